The summed E-state index contributed by atoms with van der Waals surface area (Å²) >= 11 is 0. The Labute approximate surface area is 188 Å². The smallest absolute Gasteiger partial charge is 0.203 e. The third kappa shape index (κ3) is 4.09. The Kier molecular flexibility index (Phi) is 6.48. The van der Waals surface area contributed by atoms with Gasteiger partial charge in [-0.1, -0.05) is 19.4 Å². The molecule has 3 heterocycles. The van der Waals surface area contributed by atoms with Gasteiger partial charge in [-0.25, -0.2) is 9.97 Å². The van der Waals surface area contributed by atoms with Crippen molar-refractivity contribution in [1.82, 2.24) is 19.7 Å². The van der Waals surface area contributed by atoms with Crippen LogP contribution >= 0.6 is 0 Å². The number of nitrogens with zero attached hydrogens (tertiary/aromatic N) is 5. The number of benzene rings is 1. The molecule has 0 bridgehead atoms. The average molecular weight is 438 g/mol. The molecule has 0 radical (unpaired) electrons. The van der Waals surface area contributed by atoms with E-state index in [9.17, 15) is 0 Å². The molecule has 0 atom stereocenters. The SMILES string of the molecule is CCCc1nn(C)c2c(N3CCCC3)nc(/C=C/c3cc(OC)c(OC)c(OC)c3)nc12. The van der Waals surface area contributed by atoms with Crippen molar-refractivity contribution < 1.29 is 14.2 Å². The second kappa shape index (κ2) is 9.46. The first-order chi connectivity index (χ1) is 15.6. The molecule has 1 aliphatic heterocycles. The van der Waals surface area contributed by atoms with Crippen molar-refractivity contribution in [2.45, 2.75) is 32.6 Å². The lowest BCUT2D eigenvalue weighted by Gasteiger charge is -2.18. The van der Waals surface area contributed by atoms with E-state index in [1.807, 2.05) is 36.0 Å². The first kappa shape index (κ1) is 21.9. The highest BCUT2D eigenvalue weighted by Gasteiger charge is 2.22. The summed E-state index contributed by atoms with van der Waals surface area (Å²) < 4.78 is 18.3. The van der Waals surface area contributed by atoms with Gasteiger partial charge in [0.2, 0.25) is 5.75 Å². The van der Waals surface area contributed by atoms with E-state index < -0.39 is 0 Å². The summed E-state index contributed by atoms with van der Waals surface area (Å²) in [6.07, 6.45) is 8.18. The van der Waals surface area contributed by atoms with Crippen LogP contribution in [0.4, 0.5) is 5.82 Å². The van der Waals surface area contributed by atoms with E-state index in [4.69, 9.17) is 29.3 Å². The van der Waals surface area contributed by atoms with E-state index in [1.54, 1.807) is 21.3 Å². The monoisotopic (exact) mass is 437 g/mol. The van der Waals surface area contributed by atoms with Gasteiger partial charge in [0.25, 0.3) is 0 Å². The molecule has 0 saturated carbocycles. The molecule has 2 aromatic heterocycles. The van der Waals surface area contributed by atoms with Crippen molar-refractivity contribution in [2.75, 3.05) is 39.3 Å². The van der Waals surface area contributed by atoms with Crippen molar-refractivity contribution >= 4 is 29.0 Å². The predicted molar refractivity (Wildman–Crippen MR) is 127 cm³/mol. The quantitative estimate of drug-likeness (QED) is 0.525. The third-order valence-electron chi connectivity index (χ3n) is 5.75. The van der Waals surface area contributed by atoms with Gasteiger partial charge in [0.1, 0.15) is 11.0 Å². The number of anilines is 1. The third-order valence-corrected chi connectivity index (χ3v) is 5.75. The summed E-state index contributed by atoms with van der Waals surface area (Å²) in [5, 5.41) is 4.75. The summed E-state index contributed by atoms with van der Waals surface area (Å²) in [5.41, 5.74) is 3.89. The van der Waals surface area contributed by atoms with Gasteiger partial charge in [0.15, 0.2) is 23.1 Å². The summed E-state index contributed by atoms with van der Waals surface area (Å²) in [4.78, 5) is 12.2. The summed E-state index contributed by atoms with van der Waals surface area (Å²) in [6.45, 7) is 4.18. The van der Waals surface area contributed by atoms with Crippen LogP contribution in [-0.2, 0) is 13.5 Å². The molecular formula is C24H31N5O3. The van der Waals surface area contributed by atoms with Crippen molar-refractivity contribution in [2.24, 2.45) is 7.05 Å². The molecule has 1 fully saturated rings. The first-order valence-electron chi connectivity index (χ1n) is 11.1. The number of rotatable bonds is 8. The first-order valence-corrected chi connectivity index (χ1v) is 11.1. The fraction of sp³-hybridized carbons (Fsp3) is 0.458. The van der Waals surface area contributed by atoms with Crippen LogP contribution in [0, 0.1) is 0 Å². The van der Waals surface area contributed by atoms with Crippen LogP contribution in [-0.4, -0.2) is 54.2 Å². The van der Waals surface area contributed by atoms with Gasteiger partial charge in [0.05, 0.1) is 27.0 Å². The lowest BCUT2D eigenvalue weighted by atomic mass is 10.1. The van der Waals surface area contributed by atoms with Crippen molar-refractivity contribution in [3.63, 3.8) is 0 Å². The van der Waals surface area contributed by atoms with E-state index in [-0.39, 0.29) is 0 Å². The van der Waals surface area contributed by atoms with Crippen LogP contribution in [0.3, 0.4) is 0 Å². The largest absolute Gasteiger partial charge is 0.493 e. The zero-order valence-electron chi connectivity index (χ0n) is 19.5. The van der Waals surface area contributed by atoms with Gasteiger partial charge in [-0.05, 0) is 43.0 Å². The number of hydrogen-bond donors (Lipinski definition) is 0. The number of hydrogen-bond acceptors (Lipinski definition) is 7. The maximum Gasteiger partial charge on any atom is 0.203 e. The van der Waals surface area contributed by atoms with Crippen LogP contribution in [0.1, 0.15) is 43.3 Å². The lowest BCUT2D eigenvalue weighted by Crippen LogP contribution is -2.20. The molecule has 1 saturated heterocycles. The molecule has 0 N–H and O–H groups in total. The Balaban J connectivity index is 1.79. The van der Waals surface area contributed by atoms with Crippen LogP contribution in [0.2, 0.25) is 0 Å². The molecule has 170 valence electrons. The normalized spacial score (nSPS) is 14.0. The Morgan fingerprint density at radius 2 is 1.66 bits per heavy atom. The highest BCUT2D eigenvalue weighted by molar-refractivity contribution is 5.89. The van der Waals surface area contributed by atoms with Crippen LogP contribution in [0.25, 0.3) is 23.2 Å². The van der Waals surface area contributed by atoms with E-state index in [2.05, 4.69) is 11.8 Å². The minimum atomic E-state index is 0.570. The van der Waals surface area contributed by atoms with Gasteiger partial charge in [-0.15, -0.1) is 0 Å². The highest BCUT2D eigenvalue weighted by atomic mass is 16.5. The van der Waals surface area contributed by atoms with Gasteiger partial charge < -0.3 is 19.1 Å². The number of ether oxygens (including phenoxy) is 3. The fourth-order valence-electron chi connectivity index (χ4n) is 4.23. The van der Waals surface area contributed by atoms with Crippen LogP contribution in [0.5, 0.6) is 17.2 Å². The molecule has 8 heteroatoms. The second-order valence-corrected chi connectivity index (χ2v) is 7.91. The molecule has 0 amide bonds. The maximum atomic E-state index is 5.47. The van der Waals surface area contributed by atoms with Gasteiger partial charge in [0, 0.05) is 20.1 Å². The Morgan fingerprint density at radius 1 is 0.969 bits per heavy atom. The van der Waals surface area contributed by atoms with Crippen molar-refractivity contribution in [1.29, 1.82) is 0 Å². The number of aryl methyl sites for hydroxylation is 2. The standard InChI is InChI=1S/C24H31N5O3/c1-6-9-17-21-22(28(2)27-17)24(29-12-7-8-13-29)26-20(25-21)11-10-16-14-18(30-3)23(32-5)19(15-16)31-4/h10-11,14-15H,6-9,12-13H2,1-5H3/b11-10+. The summed E-state index contributed by atoms with van der Waals surface area (Å²) in [5.74, 6) is 3.42. The van der Waals surface area contributed by atoms with Crippen molar-refractivity contribution in [3.8, 4) is 17.2 Å². The zero-order valence-corrected chi connectivity index (χ0v) is 19.5. The average Bonchev–Trinajstić information content (AvgIpc) is 3.45. The second-order valence-electron chi connectivity index (χ2n) is 7.91. The Hall–Kier alpha value is -3.29. The molecule has 1 aromatic carbocycles. The molecule has 3 aromatic rings. The van der Waals surface area contributed by atoms with Gasteiger partial charge in [-0.3, -0.25) is 4.68 Å². The topological polar surface area (TPSA) is 74.5 Å². The van der Waals surface area contributed by atoms with E-state index in [0.717, 1.165) is 54.0 Å². The minimum Gasteiger partial charge on any atom is -0.493 e. The Morgan fingerprint density at radius 3 is 2.25 bits per heavy atom. The molecular weight excluding hydrogens is 406 g/mol. The predicted octanol–water partition coefficient (Wildman–Crippen LogP) is 4.11. The van der Waals surface area contributed by atoms with Crippen molar-refractivity contribution in [3.05, 3.63) is 29.2 Å². The molecule has 32 heavy (non-hydrogen) atoms. The molecule has 0 unspecified atom stereocenters. The molecule has 8 nitrogen and oxygen atoms in total. The maximum absolute atomic E-state index is 5.47. The summed E-state index contributed by atoms with van der Waals surface area (Å²) in [7, 11) is 6.81. The lowest BCUT2D eigenvalue weighted by molar-refractivity contribution is 0.324. The van der Waals surface area contributed by atoms with E-state index in [0.29, 0.717) is 23.1 Å². The van der Waals surface area contributed by atoms with E-state index >= 15 is 0 Å². The number of fused-ring (bicyclic) bond motifs is 1. The number of aromatic nitrogens is 4. The molecule has 0 spiro atoms. The Bertz CT molecular complexity index is 1110. The highest BCUT2D eigenvalue weighted by Crippen LogP contribution is 2.38. The van der Waals surface area contributed by atoms with Gasteiger partial charge in [-0.2, -0.15) is 5.10 Å². The molecule has 1 aliphatic rings. The number of methoxy groups -OCH3 is 3. The van der Waals surface area contributed by atoms with Crippen LogP contribution < -0.4 is 19.1 Å². The summed E-state index contributed by atoms with van der Waals surface area (Å²) in [6, 6.07) is 3.81. The minimum absolute atomic E-state index is 0.570. The van der Waals surface area contributed by atoms with E-state index in [1.165, 1.54) is 12.8 Å². The molecule has 4 rings (SSSR count). The van der Waals surface area contributed by atoms with Crippen LogP contribution in [0.15, 0.2) is 12.1 Å². The van der Waals surface area contributed by atoms with Gasteiger partial charge >= 0.3 is 0 Å². The molecule has 0 aliphatic carbocycles. The fourth-order valence-corrected chi connectivity index (χ4v) is 4.23. The zero-order chi connectivity index (χ0) is 22.7.